The quantitative estimate of drug-likeness (QED) is 0.582. The van der Waals surface area contributed by atoms with Gasteiger partial charge in [-0.05, 0) is 74.5 Å². The van der Waals surface area contributed by atoms with Gasteiger partial charge in [0, 0.05) is 16.8 Å². The molecule has 4 rings (SSSR count). The van der Waals surface area contributed by atoms with Crippen LogP contribution in [0.4, 0.5) is 17.1 Å². The topological polar surface area (TPSA) is 113 Å². The second kappa shape index (κ2) is 9.11. The minimum absolute atomic E-state index is 0.0864. The summed E-state index contributed by atoms with van der Waals surface area (Å²) in [5, 5.41) is 4.92. The van der Waals surface area contributed by atoms with Crippen molar-refractivity contribution in [2.45, 2.75) is 24.0 Å². The van der Waals surface area contributed by atoms with Crippen LogP contribution >= 0.6 is 0 Å². The average Bonchev–Trinajstić information content (AvgIpc) is 2.83. The smallest absolute Gasteiger partial charge is 0.258 e. The molecule has 9 heteroatoms. The van der Waals surface area contributed by atoms with Crippen LogP contribution in [-0.4, -0.2) is 37.9 Å². The molecule has 1 aliphatic rings. The number of nitrogens with one attached hydrogen (secondary N) is 2. The van der Waals surface area contributed by atoms with Gasteiger partial charge in [-0.2, -0.15) is 0 Å². The number of carbonyl (C=O) groups is 3. The second-order valence-corrected chi connectivity index (χ2v) is 10.6. The highest BCUT2D eigenvalue weighted by Gasteiger charge is 2.27. The summed E-state index contributed by atoms with van der Waals surface area (Å²) in [6.07, 6.45) is 0. The number of carbonyl (C=O) groups excluding carboxylic acids is 3. The van der Waals surface area contributed by atoms with E-state index in [-0.39, 0.29) is 23.3 Å². The van der Waals surface area contributed by atoms with Crippen LogP contribution in [0.5, 0.6) is 0 Å². The van der Waals surface area contributed by atoms with Crippen LogP contribution in [0, 0.1) is 0 Å². The first-order valence-corrected chi connectivity index (χ1v) is 12.2. The molecule has 0 aromatic heterocycles. The number of amides is 3. The molecule has 0 bridgehead atoms. The number of hydrogen-bond donors (Lipinski definition) is 2. The molecule has 0 atom stereocenters. The van der Waals surface area contributed by atoms with Crippen LogP contribution in [0.2, 0.25) is 0 Å². The van der Waals surface area contributed by atoms with Gasteiger partial charge < -0.3 is 10.6 Å². The number of nitrogens with zero attached hydrogens (tertiary/aromatic N) is 1. The first-order valence-electron chi connectivity index (χ1n) is 10.6. The third kappa shape index (κ3) is 4.55. The molecule has 0 spiro atoms. The Bertz CT molecular complexity index is 1360. The molecule has 1 heterocycles. The van der Waals surface area contributed by atoms with Crippen molar-refractivity contribution in [3.63, 3.8) is 0 Å². The Morgan fingerprint density at radius 2 is 1.53 bits per heavy atom. The summed E-state index contributed by atoms with van der Waals surface area (Å²) in [6.45, 7) is 3.11. The molecule has 0 saturated carbocycles. The lowest BCUT2D eigenvalue weighted by molar-refractivity contribution is -0.115. The molecule has 1 aliphatic heterocycles. The summed E-state index contributed by atoms with van der Waals surface area (Å²) in [5.41, 5.74) is 2.33. The van der Waals surface area contributed by atoms with Crippen LogP contribution in [-0.2, 0) is 14.6 Å². The fourth-order valence-electron chi connectivity index (χ4n) is 3.54. The van der Waals surface area contributed by atoms with Crippen molar-refractivity contribution in [1.29, 1.82) is 0 Å². The number of sulfone groups is 1. The Hall–Kier alpha value is -3.98. The molecule has 174 valence electrons. The Balaban J connectivity index is 1.47. The van der Waals surface area contributed by atoms with E-state index in [9.17, 15) is 22.8 Å². The van der Waals surface area contributed by atoms with E-state index in [1.165, 1.54) is 29.2 Å². The van der Waals surface area contributed by atoms with Gasteiger partial charge in [0.05, 0.1) is 21.5 Å². The third-order valence-corrected chi connectivity index (χ3v) is 7.64. The Labute approximate surface area is 197 Å². The zero-order valence-electron chi connectivity index (χ0n) is 18.6. The molecule has 0 saturated heterocycles. The lowest BCUT2D eigenvalue weighted by Crippen LogP contribution is -2.42. The van der Waals surface area contributed by atoms with Gasteiger partial charge in [0.2, 0.25) is 5.91 Å². The number of para-hydroxylation sites is 2. The molecule has 2 N–H and O–H groups in total. The summed E-state index contributed by atoms with van der Waals surface area (Å²) in [7, 11) is -3.42. The number of hydrogen-bond acceptors (Lipinski definition) is 5. The number of rotatable bonds is 5. The summed E-state index contributed by atoms with van der Waals surface area (Å²) in [4.78, 5) is 39.2. The van der Waals surface area contributed by atoms with Gasteiger partial charge in [0.25, 0.3) is 11.8 Å². The molecule has 0 radical (unpaired) electrons. The van der Waals surface area contributed by atoms with Crippen molar-refractivity contribution in [3.05, 3.63) is 83.9 Å². The van der Waals surface area contributed by atoms with Gasteiger partial charge in [-0.15, -0.1) is 0 Å². The molecular formula is C25H23N3O5S. The maximum Gasteiger partial charge on any atom is 0.258 e. The molecule has 3 amide bonds. The molecule has 0 unspecified atom stereocenters. The SMILES string of the molecule is CC(C)S(=O)(=O)c1ccc(C(=O)Nc2ccc(C(=O)N3CC(=O)Nc4ccccc43)cc2)cc1. The van der Waals surface area contributed by atoms with E-state index in [1.54, 1.807) is 62.4 Å². The number of anilines is 3. The van der Waals surface area contributed by atoms with Gasteiger partial charge in [-0.1, -0.05) is 12.1 Å². The van der Waals surface area contributed by atoms with Crippen molar-refractivity contribution in [2.24, 2.45) is 0 Å². The maximum atomic E-state index is 13.0. The van der Waals surface area contributed by atoms with Crippen molar-refractivity contribution in [1.82, 2.24) is 0 Å². The standard InChI is InChI=1S/C25H23N3O5S/c1-16(2)34(32,33)20-13-9-17(10-14-20)24(30)26-19-11-7-18(8-12-19)25(31)28-15-23(29)27-21-5-3-4-6-22(21)28/h3-14,16H,15H2,1-2H3,(H,26,30)(H,27,29). The molecule has 0 fully saturated rings. The van der Waals surface area contributed by atoms with Crippen LogP contribution in [0.25, 0.3) is 0 Å². The minimum atomic E-state index is -3.42. The van der Waals surface area contributed by atoms with Gasteiger partial charge in [-0.25, -0.2) is 8.42 Å². The Morgan fingerprint density at radius 1 is 0.912 bits per heavy atom. The normalized spacial score (nSPS) is 13.3. The van der Waals surface area contributed by atoms with Crippen molar-refractivity contribution < 1.29 is 22.8 Å². The van der Waals surface area contributed by atoms with Crippen molar-refractivity contribution in [2.75, 3.05) is 22.1 Å². The molecule has 0 aliphatic carbocycles. The lowest BCUT2D eigenvalue weighted by atomic mass is 10.1. The zero-order chi connectivity index (χ0) is 24.5. The molecule has 8 nitrogen and oxygen atoms in total. The molecule has 3 aromatic rings. The van der Waals surface area contributed by atoms with E-state index in [1.807, 2.05) is 0 Å². The van der Waals surface area contributed by atoms with E-state index >= 15 is 0 Å². The highest BCUT2D eigenvalue weighted by atomic mass is 32.2. The molecule has 34 heavy (non-hydrogen) atoms. The van der Waals surface area contributed by atoms with Crippen LogP contribution in [0.3, 0.4) is 0 Å². The van der Waals surface area contributed by atoms with Gasteiger partial charge >= 0.3 is 0 Å². The van der Waals surface area contributed by atoms with Crippen LogP contribution in [0.15, 0.2) is 77.7 Å². The first kappa shape index (κ1) is 23.2. The highest BCUT2D eigenvalue weighted by molar-refractivity contribution is 7.92. The van der Waals surface area contributed by atoms with E-state index < -0.39 is 21.0 Å². The van der Waals surface area contributed by atoms with Crippen LogP contribution < -0.4 is 15.5 Å². The number of benzene rings is 3. The highest BCUT2D eigenvalue weighted by Crippen LogP contribution is 2.30. The van der Waals surface area contributed by atoms with E-state index in [4.69, 9.17) is 0 Å². The van der Waals surface area contributed by atoms with E-state index in [2.05, 4.69) is 10.6 Å². The van der Waals surface area contributed by atoms with Gasteiger partial charge in [-0.3, -0.25) is 19.3 Å². The number of fused-ring (bicyclic) bond motifs is 1. The average molecular weight is 478 g/mol. The van der Waals surface area contributed by atoms with Crippen molar-refractivity contribution >= 4 is 44.6 Å². The summed E-state index contributed by atoms with van der Waals surface area (Å²) in [6, 6.07) is 19.2. The third-order valence-electron chi connectivity index (χ3n) is 5.47. The van der Waals surface area contributed by atoms with Crippen molar-refractivity contribution in [3.8, 4) is 0 Å². The second-order valence-electron chi connectivity index (χ2n) is 8.11. The summed E-state index contributed by atoms with van der Waals surface area (Å²) in [5.74, 6) is -1.01. The largest absolute Gasteiger partial charge is 0.323 e. The predicted octanol–water partition coefficient (Wildman–Crippen LogP) is 3.72. The van der Waals surface area contributed by atoms with Gasteiger partial charge in [0.15, 0.2) is 9.84 Å². The summed E-state index contributed by atoms with van der Waals surface area (Å²) >= 11 is 0. The van der Waals surface area contributed by atoms with Crippen LogP contribution in [0.1, 0.15) is 34.6 Å². The fraction of sp³-hybridized carbons (Fsp3) is 0.160. The summed E-state index contributed by atoms with van der Waals surface area (Å²) < 4.78 is 24.5. The van der Waals surface area contributed by atoms with Gasteiger partial charge in [0.1, 0.15) is 6.54 Å². The fourth-order valence-corrected chi connectivity index (χ4v) is 4.60. The predicted molar refractivity (Wildman–Crippen MR) is 130 cm³/mol. The lowest BCUT2D eigenvalue weighted by Gasteiger charge is -2.29. The first-order chi connectivity index (χ1) is 16.2. The van der Waals surface area contributed by atoms with E-state index in [0.717, 1.165) is 0 Å². The maximum absolute atomic E-state index is 13.0. The minimum Gasteiger partial charge on any atom is -0.323 e. The Kier molecular flexibility index (Phi) is 6.21. The Morgan fingerprint density at radius 3 is 2.18 bits per heavy atom. The zero-order valence-corrected chi connectivity index (χ0v) is 19.4. The monoisotopic (exact) mass is 477 g/mol. The molecular weight excluding hydrogens is 454 g/mol. The molecule has 3 aromatic carbocycles. The van der Waals surface area contributed by atoms with E-state index in [0.29, 0.717) is 28.2 Å².